The van der Waals surface area contributed by atoms with Gasteiger partial charge in [0.25, 0.3) is 5.91 Å². The average Bonchev–Trinajstić information content (AvgIpc) is 3.63. The van der Waals surface area contributed by atoms with E-state index in [1.165, 1.54) is 10.3 Å². The zero-order valence-electron chi connectivity index (χ0n) is 22.2. The quantitative estimate of drug-likeness (QED) is 0.397. The molecule has 4 aromatic rings. The zero-order chi connectivity index (χ0) is 25.7. The van der Waals surface area contributed by atoms with Crippen molar-refractivity contribution in [3.8, 4) is 11.3 Å². The SMILES string of the molecule is Cc1cc(-c2[nH]c3cc(C(=O)N(C)C4CCC(N5CCOCC5)CC4)sc3c2C(C)C)cn2ncnc12. The number of ether oxygens (including phenoxy) is 1. The molecule has 8 nitrogen and oxygen atoms in total. The van der Waals surface area contributed by atoms with Gasteiger partial charge in [-0.15, -0.1) is 11.3 Å². The number of nitrogens with one attached hydrogen (secondary N) is 1. The van der Waals surface area contributed by atoms with Gasteiger partial charge in [-0.3, -0.25) is 9.69 Å². The number of amides is 1. The highest BCUT2D eigenvalue weighted by Gasteiger charge is 2.31. The van der Waals surface area contributed by atoms with Gasteiger partial charge in [-0.1, -0.05) is 13.8 Å². The van der Waals surface area contributed by atoms with E-state index in [1.807, 2.05) is 22.7 Å². The number of hydrogen-bond donors (Lipinski definition) is 1. The first-order valence-electron chi connectivity index (χ1n) is 13.5. The molecule has 1 N–H and O–H groups in total. The predicted molar refractivity (Wildman–Crippen MR) is 148 cm³/mol. The molecule has 2 aliphatic rings. The minimum absolute atomic E-state index is 0.139. The lowest BCUT2D eigenvalue weighted by atomic mass is 9.89. The molecule has 37 heavy (non-hydrogen) atoms. The predicted octanol–water partition coefficient (Wildman–Crippen LogP) is 5.09. The summed E-state index contributed by atoms with van der Waals surface area (Å²) >= 11 is 1.62. The summed E-state index contributed by atoms with van der Waals surface area (Å²) in [6.07, 6.45) is 8.07. The number of aromatic amines is 1. The molecule has 9 heteroatoms. The van der Waals surface area contributed by atoms with Crippen molar-refractivity contribution >= 4 is 33.1 Å². The van der Waals surface area contributed by atoms with Gasteiger partial charge >= 0.3 is 0 Å². The van der Waals surface area contributed by atoms with Crippen LogP contribution in [0.2, 0.25) is 0 Å². The topological polar surface area (TPSA) is 78.8 Å². The van der Waals surface area contributed by atoms with Crippen molar-refractivity contribution in [3.05, 3.63) is 40.7 Å². The Morgan fingerprint density at radius 2 is 1.95 bits per heavy atom. The van der Waals surface area contributed by atoms with Gasteiger partial charge in [-0.25, -0.2) is 9.50 Å². The lowest BCUT2D eigenvalue weighted by Gasteiger charge is -2.40. The Morgan fingerprint density at radius 3 is 2.68 bits per heavy atom. The molecule has 0 bridgehead atoms. The summed E-state index contributed by atoms with van der Waals surface area (Å²) in [4.78, 5) is 27.0. The van der Waals surface area contributed by atoms with Crippen LogP contribution in [0.5, 0.6) is 0 Å². The van der Waals surface area contributed by atoms with Crippen molar-refractivity contribution in [1.82, 2.24) is 29.4 Å². The molecule has 1 aliphatic heterocycles. The van der Waals surface area contributed by atoms with E-state index in [0.29, 0.717) is 18.0 Å². The molecule has 1 amide bonds. The number of nitrogens with zero attached hydrogens (tertiary/aromatic N) is 5. The van der Waals surface area contributed by atoms with Crippen LogP contribution in [0.15, 0.2) is 24.7 Å². The van der Waals surface area contributed by atoms with E-state index < -0.39 is 0 Å². The van der Waals surface area contributed by atoms with Gasteiger partial charge < -0.3 is 14.6 Å². The highest BCUT2D eigenvalue weighted by atomic mass is 32.1. The number of H-pyrrole nitrogens is 1. The summed E-state index contributed by atoms with van der Waals surface area (Å²) in [6, 6.07) is 5.16. The third-order valence-corrected chi connectivity index (χ3v) is 9.39. The maximum Gasteiger partial charge on any atom is 0.264 e. The number of aryl methyl sites for hydroxylation is 1. The molecule has 0 spiro atoms. The van der Waals surface area contributed by atoms with Gasteiger partial charge in [0.1, 0.15) is 6.33 Å². The van der Waals surface area contributed by atoms with Crippen LogP contribution in [-0.4, -0.2) is 80.7 Å². The smallest absolute Gasteiger partial charge is 0.264 e. The van der Waals surface area contributed by atoms with E-state index >= 15 is 0 Å². The third-order valence-electron chi connectivity index (χ3n) is 8.24. The molecular formula is C28H36N6O2S. The summed E-state index contributed by atoms with van der Waals surface area (Å²) in [7, 11) is 1.99. The van der Waals surface area contributed by atoms with Gasteiger partial charge in [0.15, 0.2) is 5.65 Å². The molecule has 0 atom stereocenters. The number of pyridine rings is 1. The number of hydrogen-bond acceptors (Lipinski definition) is 6. The Bertz CT molecular complexity index is 1420. The van der Waals surface area contributed by atoms with Gasteiger partial charge in [0.05, 0.1) is 34.0 Å². The summed E-state index contributed by atoms with van der Waals surface area (Å²) < 4.78 is 8.53. The first-order valence-corrected chi connectivity index (χ1v) is 14.3. The summed E-state index contributed by atoms with van der Waals surface area (Å²) in [5, 5.41) is 4.35. The molecule has 5 heterocycles. The molecule has 1 saturated carbocycles. The van der Waals surface area contributed by atoms with Crippen LogP contribution in [0.4, 0.5) is 0 Å². The van der Waals surface area contributed by atoms with E-state index in [1.54, 1.807) is 17.7 Å². The maximum absolute atomic E-state index is 13.6. The van der Waals surface area contributed by atoms with Gasteiger partial charge in [-0.2, -0.15) is 5.10 Å². The van der Waals surface area contributed by atoms with Crippen LogP contribution in [0, 0.1) is 6.92 Å². The average molecular weight is 521 g/mol. The molecule has 0 aromatic carbocycles. The Balaban J connectivity index is 1.23. The van der Waals surface area contributed by atoms with E-state index in [0.717, 1.165) is 84.8 Å². The minimum atomic E-state index is 0.139. The fourth-order valence-corrected chi connectivity index (χ4v) is 7.50. The second-order valence-corrected chi connectivity index (χ2v) is 11.9. The van der Waals surface area contributed by atoms with Crippen molar-refractivity contribution in [2.45, 2.75) is 64.5 Å². The van der Waals surface area contributed by atoms with Crippen LogP contribution in [-0.2, 0) is 4.74 Å². The highest BCUT2D eigenvalue weighted by molar-refractivity contribution is 7.21. The highest BCUT2D eigenvalue weighted by Crippen LogP contribution is 2.40. The Labute approximate surface area is 221 Å². The number of morpholine rings is 1. The van der Waals surface area contributed by atoms with E-state index in [2.05, 4.69) is 52.9 Å². The van der Waals surface area contributed by atoms with Crippen LogP contribution < -0.4 is 0 Å². The van der Waals surface area contributed by atoms with Gasteiger partial charge in [-0.05, 0) is 61.8 Å². The molecule has 0 unspecified atom stereocenters. The normalized spacial score (nSPS) is 21.3. The molecule has 1 aliphatic carbocycles. The number of carbonyl (C=O) groups excluding carboxylic acids is 1. The lowest BCUT2D eigenvalue weighted by Crippen LogP contribution is -2.48. The number of thiophene rings is 1. The summed E-state index contributed by atoms with van der Waals surface area (Å²) in [5.41, 5.74) is 6.44. The van der Waals surface area contributed by atoms with Crippen LogP contribution in [0.25, 0.3) is 27.1 Å². The Morgan fingerprint density at radius 1 is 1.19 bits per heavy atom. The van der Waals surface area contributed by atoms with E-state index in [9.17, 15) is 4.79 Å². The lowest BCUT2D eigenvalue weighted by molar-refractivity contribution is 0.00263. The van der Waals surface area contributed by atoms with Crippen molar-refractivity contribution in [3.63, 3.8) is 0 Å². The molecule has 2 fully saturated rings. The first-order chi connectivity index (χ1) is 17.9. The standard InChI is InChI=1S/C28H36N6O2S/c1-17(2)24-25(19-13-18(3)27-29-16-30-34(27)15-19)31-22-14-23(37-26(22)24)28(35)32(4)20-5-7-21(8-6-20)33-9-11-36-12-10-33/h13-17,20-21,31H,5-12H2,1-4H3. The number of fused-ring (bicyclic) bond motifs is 2. The third kappa shape index (κ3) is 4.47. The van der Waals surface area contributed by atoms with Gasteiger partial charge in [0.2, 0.25) is 0 Å². The number of carbonyl (C=O) groups is 1. The van der Waals surface area contributed by atoms with Crippen molar-refractivity contribution in [2.24, 2.45) is 0 Å². The molecule has 1 saturated heterocycles. The maximum atomic E-state index is 13.6. The molecule has 196 valence electrons. The fourth-order valence-electron chi connectivity index (χ4n) is 6.21. The zero-order valence-corrected chi connectivity index (χ0v) is 23.0. The largest absolute Gasteiger partial charge is 0.379 e. The molecule has 4 aromatic heterocycles. The summed E-state index contributed by atoms with van der Waals surface area (Å²) in [5.74, 6) is 0.450. The molecule has 6 rings (SSSR count). The van der Waals surface area contributed by atoms with Crippen molar-refractivity contribution in [1.29, 1.82) is 0 Å². The van der Waals surface area contributed by atoms with Crippen molar-refractivity contribution in [2.75, 3.05) is 33.4 Å². The monoisotopic (exact) mass is 520 g/mol. The van der Waals surface area contributed by atoms with Crippen molar-refractivity contribution < 1.29 is 9.53 Å². The number of aromatic nitrogens is 4. The second-order valence-electron chi connectivity index (χ2n) is 10.9. The van der Waals surface area contributed by atoms with Gasteiger partial charge in [0, 0.05) is 44.0 Å². The first kappa shape index (κ1) is 24.6. The molecular weight excluding hydrogens is 484 g/mol. The summed E-state index contributed by atoms with van der Waals surface area (Å²) in [6.45, 7) is 10.3. The minimum Gasteiger partial charge on any atom is -0.379 e. The van der Waals surface area contributed by atoms with E-state index in [4.69, 9.17) is 4.74 Å². The fraction of sp³-hybridized carbons (Fsp3) is 0.536. The number of rotatable bonds is 5. The van der Waals surface area contributed by atoms with Crippen LogP contribution >= 0.6 is 11.3 Å². The Kier molecular flexibility index (Phi) is 6.54. The second kappa shape index (κ2) is 9.85. The Hall–Kier alpha value is -2.75. The van der Waals surface area contributed by atoms with E-state index in [-0.39, 0.29) is 5.91 Å². The van der Waals surface area contributed by atoms with Crippen LogP contribution in [0.1, 0.15) is 66.2 Å². The molecule has 0 radical (unpaired) electrons. The van der Waals surface area contributed by atoms with Crippen LogP contribution in [0.3, 0.4) is 0 Å².